The number of carbonyl (C=O) groups is 3. The third kappa shape index (κ3) is 5.62. The van der Waals surface area contributed by atoms with Gasteiger partial charge in [0.15, 0.2) is 5.13 Å². The Bertz CT molecular complexity index is 1100. The highest BCUT2D eigenvalue weighted by atomic mass is 32.1. The van der Waals surface area contributed by atoms with E-state index in [4.69, 9.17) is 5.73 Å². The number of likely N-dealkylation sites (tertiary alicyclic amines) is 1. The van der Waals surface area contributed by atoms with E-state index in [1.165, 1.54) is 11.3 Å². The fourth-order valence-corrected chi connectivity index (χ4v) is 6.00. The van der Waals surface area contributed by atoms with Crippen molar-refractivity contribution in [2.24, 2.45) is 17.6 Å². The minimum atomic E-state index is -0.535. The number of hydrogen-bond acceptors (Lipinski definition) is 6. The smallest absolute Gasteiger partial charge is 0.251 e. The van der Waals surface area contributed by atoms with Crippen LogP contribution in [0.15, 0.2) is 29.6 Å². The summed E-state index contributed by atoms with van der Waals surface area (Å²) < 4.78 is 0. The van der Waals surface area contributed by atoms with Crippen LogP contribution in [-0.4, -0.2) is 52.3 Å². The number of thiazole rings is 1. The summed E-state index contributed by atoms with van der Waals surface area (Å²) >= 11 is 1.35. The van der Waals surface area contributed by atoms with E-state index in [-0.39, 0.29) is 23.6 Å². The second-order valence-corrected chi connectivity index (χ2v) is 11.4. The van der Waals surface area contributed by atoms with E-state index in [1.807, 2.05) is 17.5 Å². The van der Waals surface area contributed by atoms with Gasteiger partial charge >= 0.3 is 0 Å². The number of anilines is 1. The van der Waals surface area contributed by atoms with Crippen molar-refractivity contribution in [1.82, 2.24) is 15.2 Å². The van der Waals surface area contributed by atoms with E-state index >= 15 is 0 Å². The fraction of sp³-hybridized carbons (Fsp3) is 0.556. The standard InChI is InChI=1S/C27H35N5O3S/c1-16-4-6-18(7-5-16)23(28)26(35)32-14-2-3-22(32)25(34)31-27-30-21(15-36-27)17-8-10-19(11-9-17)24(33)29-20-12-13-20/h8-11,15-16,18,20,22-23H,2-7,12-14,28H2,1H3,(H,29,33)(H,30,31,34)/t16?,18?,22-,23+/m0/s1. The highest BCUT2D eigenvalue weighted by Crippen LogP contribution is 2.32. The first-order valence-electron chi connectivity index (χ1n) is 13.1. The van der Waals surface area contributed by atoms with Crippen LogP contribution in [-0.2, 0) is 9.59 Å². The first-order valence-corrected chi connectivity index (χ1v) is 14.0. The first-order chi connectivity index (χ1) is 17.4. The number of rotatable bonds is 7. The molecule has 3 fully saturated rings. The van der Waals surface area contributed by atoms with Gasteiger partial charge in [0.1, 0.15) is 6.04 Å². The van der Waals surface area contributed by atoms with E-state index in [1.54, 1.807) is 17.0 Å². The summed E-state index contributed by atoms with van der Waals surface area (Å²) in [5.74, 6) is 0.535. The molecule has 1 aromatic carbocycles. The molecular weight excluding hydrogens is 474 g/mol. The molecule has 2 saturated carbocycles. The maximum Gasteiger partial charge on any atom is 0.251 e. The average molecular weight is 510 g/mol. The molecule has 2 heterocycles. The molecule has 3 amide bonds. The van der Waals surface area contributed by atoms with E-state index in [0.717, 1.165) is 56.2 Å². The van der Waals surface area contributed by atoms with Crippen molar-refractivity contribution in [3.8, 4) is 11.3 Å². The number of nitrogens with one attached hydrogen (secondary N) is 2. The maximum absolute atomic E-state index is 13.2. The van der Waals surface area contributed by atoms with Gasteiger partial charge in [0.2, 0.25) is 11.8 Å². The lowest BCUT2D eigenvalue weighted by atomic mass is 9.79. The van der Waals surface area contributed by atoms with Crippen LogP contribution >= 0.6 is 11.3 Å². The zero-order valence-corrected chi connectivity index (χ0v) is 21.6. The number of nitrogens with zero attached hydrogens (tertiary/aromatic N) is 2. The lowest BCUT2D eigenvalue weighted by molar-refractivity contribution is -0.139. The van der Waals surface area contributed by atoms with Gasteiger partial charge in [-0.1, -0.05) is 31.9 Å². The third-order valence-corrected chi connectivity index (χ3v) is 8.54. The predicted octanol–water partition coefficient (Wildman–Crippen LogP) is 3.79. The number of aromatic nitrogens is 1. The number of amides is 3. The topological polar surface area (TPSA) is 117 Å². The van der Waals surface area contributed by atoms with Crippen molar-refractivity contribution in [2.75, 3.05) is 11.9 Å². The third-order valence-electron chi connectivity index (χ3n) is 7.78. The Hall–Kier alpha value is -2.78. The van der Waals surface area contributed by atoms with Crippen molar-refractivity contribution < 1.29 is 14.4 Å². The summed E-state index contributed by atoms with van der Waals surface area (Å²) in [6.45, 7) is 2.81. The molecule has 0 unspecified atom stereocenters. The molecule has 1 aliphatic heterocycles. The molecule has 0 spiro atoms. The quantitative estimate of drug-likeness (QED) is 0.525. The largest absolute Gasteiger partial charge is 0.349 e. The van der Waals surface area contributed by atoms with Crippen molar-refractivity contribution in [3.05, 3.63) is 35.2 Å². The highest BCUT2D eigenvalue weighted by Gasteiger charge is 2.39. The Morgan fingerprint density at radius 2 is 1.78 bits per heavy atom. The van der Waals surface area contributed by atoms with Gasteiger partial charge in [-0.15, -0.1) is 11.3 Å². The molecule has 192 valence electrons. The number of carbonyl (C=O) groups excluding carboxylic acids is 3. The van der Waals surface area contributed by atoms with E-state index in [0.29, 0.717) is 35.6 Å². The van der Waals surface area contributed by atoms with Crippen LogP contribution in [0.5, 0.6) is 0 Å². The molecule has 1 saturated heterocycles. The SMILES string of the molecule is CC1CCC([C@@H](N)C(=O)N2CCC[C@H]2C(=O)Nc2nc(-c3ccc(C(=O)NC4CC4)cc3)cs2)CC1. The van der Waals surface area contributed by atoms with Gasteiger partial charge in [-0.25, -0.2) is 4.98 Å². The molecular formula is C27H35N5O3S. The molecule has 2 aliphatic carbocycles. The number of nitrogens with two attached hydrogens (primary N) is 1. The Labute approximate surface area is 216 Å². The van der Waals surface area contributed by atoms with Crippen LogP contribution in [0, 0.1) is 11.8 Å². The molecule has 4 N–H and O–H groups in total. The van der Waals surface area contributed by atoms with E-state index in [9.17, 15) is 14.4 Å². The summed E-state index contributed by atoms with van der Waals surface area (Å²) in [6, 6.07) is 6.60. The Kier molecular flexibility index (Phi) is 7.39. The van der Waals surface area contributed by atoms with Crippen molar-refractivity contribution in [2.45, 2.75) is 76.4 Å². The molecule has 36 heavy (non-hydrogen) atoms. The summed E-state index contributed by atoms with van der Waals surface area (Å²) in [4.78, 5) is 44.8. The molecule has 5 rings (SSSR count). The molecule has 9 heteroatoms. The first kappa shape index (κ1) is 24.9. The lowest BCUT2D eigenvalue weighted by Crippen LogP contribution is -2.52. The number of hydrogen-bond donors (Lipinski definition) is 3. The minimum absolute atomic E-state index is 0.0521. The van der Waals surface area contributed by atoms with Gasteiger partial charge in [0.05, 0.1) is 11.7 Å². The molecule has 0 radical (unpaired) electrons. The Morgan fingerprint density at radius 1 is 1.06 bits per heavy atom. The normalized spacial score (nSPS) is 24.8. The van der Waals surface area contributed by atoms with Gasteiger partial charge in [-0.05, 0) is 62.5 Å². The summed E-state index contributed by atoms with van der Waals surface area (Å²) in [7, 11) is 0. The van der Waals surface area contributed by atoms with Crippen LogP contribution in [0.25, 0.3) is 11.3 Å². The van der Waals surface area contributed by atoms with Gasteiger partial charge in [0.25, 0.3) is 5.91 Å². The molecule has 8 nitrogen and oxygen atoms in total. The zero-order chi connectivity index (χ0) is 25.2. The van der Waals surface area contributed by atoms with E-state index in [2.05, 4.69) is 22.5 Å². The number of benzene rings is 1. The van der Waals surface area contributed by atoms with Crippen LogP contribution < -0.4 is 16.4 Å². The summed E-state index contributed by atoms with van der Waals surface area (Å²) in [6.07, 6.45) is 7.71. The zero-order valence-electron chi connectivity index (χ0n) is 20.7. The van der Waals surface area contributed by atoms with Gasteiger partial charge in [-0.3, -0.25) is 14.4 Å². The monoisotopic (exact) mass is 509 g/mol. The fourth-order valence-electron chi connectivity index (χ4n) is 5.28. The second-order valence-electron chi connectivity index (χ2n) is 10.6. The van der Waals surface area contributed by atoms with Crippen LogP contribution in [0.1, 0.15) is 68.6 Å². The Morgan fingerprint density at radius 3 is 2.47 bits per heavy atom. The summed E-state index contributed by atoms with van der Waals surface area (Å²) in [5.41, 5.74) is 8.63. The molecule has 2 atom stereocenters. The molecule has 2 aromatic rings. The maximum atomic E-state index is 13.2. The highest BCUT2D eigenvalue weighted by molar-refractivity contribution is 7.14. The molecule has 1 aromatic heterocycles. The van der Waals surface area contributed by atoms with Crippen molar-refractivity contribution >= 4 is 34.2 Å². The van der Waals surface area contributed by atoms with Crippen LogP contribution in [0.2, 0.25) is 0 Å². The molecule has 3 aliphatic rings. The van der Waals surface area contributed by atoms with Crippen molar-refractivity contribution in [3.63, 3.8) is 0 Å². The molecule has 0 bridgehead atoms. The van der Waals surface area contributed by atoms with E-state index < -0.39 is 12.1 Å². The van der Waals surface area contributed by atoms with Gasteiger partial charge in [-0.2, -0.15) is 0 Å². The lowest BCUT2D eigenvalue weighted by Gasteiger charge is -2.33. The van der Waals surface area contributed by atoms with Gasteiger partial charge < -0.3 is 21.3 Å². The van der Waals surface area contributed by atoms with Gasteiger partial charge in [0, 0.05) is 29.1 Å². The van der Waals surface area contributed by atoms with Crippen LogP contribution in [0.3, 0.4) is 0 Å². The van der Waals surface area contributed by atoms with Crippen molar-refractivity contribution in [1.29, 1.82) is 0 Å². The second kappa shape index (κ2) is 10.7. The average Bonchev–Trinajstić information content (AvgIpc) is 3.36. The Balaban J connectivity index is 1.18. The van der Waals surface area contributed by atoms with Crippen LogP contribution in [0.4, 0.5) is 5.13 Å². The summed E-state index contributed by atoms with van der Waals surface area (Å²) in [5, 5.41) is 8.27. The predicted molar refractivity (Wildman–Crippen MR) is 141 cm³/mol. The minimum Gasteiger partial charge on any atom is -0.349 e.